The minimum atomic E-state index is -1.13. The van der Waals surface area contributed by atoms with Crippen molar-refractivity contribution in [3.8, 4) is 0 Å². The third-order valence-electron chi connectivity index (χ3n) is 4.58. The minimum absolute atomic E-state index is 0.242. The molecule has 1 aromatic heterocycles. The molecule has 28 heavy (non-hydrogen) atoms. The van der Waals surface area contributed by atoms with E-state index in [0.29, 0.717) is 38.3 Å². The molecule has 0 aliphatic rings. The van der Waals surface area contributed by atoms with E-state index in [9.17, 15) is 9.50 Å². The third kappa shape index (κ3) is 6.44. The van der Waals surface area contributed by atoms with Gasteiger partial charge in [-0.1, -0.05) is 24.3 Å². The highest BCUT2D eigenvalue weighted by atomic mass is 19.1. The van der Waals surface area contributed by atoms with E-state index in [4.69, 9.17) is 9.15 Å². The van der Waals surface area contributed by atoms with E-state index in [0.717, 1.165) is 24.3 Å². The predicted octanol–water partition coefficient (Wildman–Crippen LogP) is 4.80. The van der Waals surface area contributed by atoms with Crippen LogP contribution in [0.4, 0.5) is 4.39 Å². The molecule has 0 saturated carbocycles. The van der Waals surface area contributed by atoms with Gasteiger partial charge in [0.1, 0.15) is 22.9 Å². The van der Waals surface area contributed by atoms with Crippen molar-refractivity contribution < 1.29 is 18.7 Å². The van der Waals surface area contributed by atoms with Gasteiger partial charge in [0.2, 0.25) is 0 Å². The normalized spacial score (nSPS) is 11.7. The van der Waals surface area contributed by atoms with Crippen LogP contribution in [0, 0.1) is 5.82 Å². The summed E-state index contributed by atoms with van der Waals surface area (Å²) >= 11 is 0. The van der Waals surface area contributed by atoms with Gasteiger partial charge in [0.15, 0.2) is 0 Å². The standard InChI is InChI=1S/C23H30FNO3/c1-4-12-23(26,13-5-2)22-11-10-21(28-22)18-25(14-7-15-27-3)17-19-8-6-9-20(24)16-19/h4-6,8-11,16,26H,1-2,7,12-15,17-18H2,3H3. The molecule has 0 saturated heterocycles. The molecular weight excluding hydrogens is 357 g/mol. The third-order valence-corrected chi connectivity index (χ3v) is 4.58. The summed E-state index contributed by atoms with van der Waals surface area (Å²) in [5.41, 5.74) is -0.232. The summed E-state index contributed by atoms with van der Waals surface area (Å²) in [6.07, 6.45) is 4.97. The number of halogens is 1. The van der Waals surface area contributed by atoms with E-state index in [-0.39, 0.29) is 5.82 Å². The van der Waals surface area contributed by atoms with Gasteiger partial charge in [-0.3, -0.25) is 4.90 Å². The van der Waals surface area contributed by atoms with Crippen LogP contribution in [-0.2, 0) is 23.4 Å². The molecule has 0 amide bonds. The molecule has 1 aromatic carbocycles. The second kappa shape index (κ2) is 11.0. The van der Waals surface area contributed by atoms with Crippen molar-refractivity contribution >= 4 is 0 Å². The Morgan fingerprint density at radius 3 is 2.57 bits per heavy atom. The molecule has 1 heterocycles. The number of methoxy groups -OCH3 is 1. The Bertz CT molecular complexity index is 746. The summed E-state index contributed by atoms with van der Waals surface area (Å²) in [6.45, 7) is 10.0. The zero-order valence-corrected chi connectivity index (χ0v) is 16.6. The van der Waals surface area contributed by atoms with Crippen molar-refractivity contribution in [2.45, 2.75) is 38.0 Å². The van der Waals surface area contributed by atoms with E-state index in [1.54, 1.807) is 37.5 Å². The van der Waals surface area contributed by atoms with Crippen LogP contribution in [0.5, 0.6) is 0 Å². The summed E-state index contributed by atoms with van der Waals surface area (Å²) in [5, 5.41) is 10.9. The molecule has 152 valence electrons. The van der Waals surface area contributed by atoms with Crippen molar-refractivity contribution in [3.05, 3.63) is 84.6 Å². The number of hydrogen-bond acceptors (Lipinski definition) is 4. The van der Waals surface area contributed by atoms with Gasteiger partial charge in [-0.2, -0.15) is 0 Å². The van der Waals surface area contributed by atoms with Crippen LogP contribution in [0.1, 0.15) is 36.3 Å². The second-order valence-corrected chi connectivity index (χ2v) is 6.97. The summed E-state index contributed by atoms with van der Waals surface area (Å²) in [5.74, 6) is 1.01. The lowest BCUT2D eigenvalue weighted by Gasteiger charge is -2.24. The van der Waals surface area contributed by atoms with Crippen LogP contribution in [-0.4, -0.2) is 30.3 Å². The molecule has 2 rings (SSSR count). The first-order chi connectivity index (χ1) is 13.5. The largest absolute Gasteiger partial charge is 0.462 e. The molecule has 5 heteroatoms. The number of hydrogen-bond donors (Lipinski definition) is 1. The minimum Gasteiger partial charge on any atom is -0.462 e. The molecule has 0 radical (unpaired) electrons. The zero-order chi connectivity index (χ0) is 20.4. The van der Waals surface area contributed by atoms with Gasteiger partial charge in [0.25, 0.3) is 0 Å². The second-order valence-electron chi connectivity index (χ2n) is 6.97. The lowest BCUT2D eigenvalue weighted by Crippen LogP contribution is -2.25. The Kier molecular flexibility index (Phi) is 8.64. The topological polar surface area (TPSA) is 45.8 Å². The molecule has 0 spiro atoms. The van der Waals surface area contributed by atoms with Gasteiger partial charge in [-0.05, 0) is 36.2 Å². The van der Waals surface area contributed by atoms with E-state index in [1.165, 1.54) is 6.07 Å². The summed E-state index contributed by atoms with van der Waals surface area (Å²) < 4.78 is 24.6. The number of rotatable bonds is 13. The average Bonchev–Trinajstić information content (AvgIpc) is 3.12. The maximum Gasteiger partial charge on any atom is 0.136 e. The molecular formula is C23H30FNO3. The molecule has 1 N–H and O–H groups in total. The lowest BCUT2D eigenvalue weighted by atomic mass is 9.93. The first-order valence-corrected chi connectivity index (χ1v) is 9.50. The van der Waals surface area contributed by atoms with Gasteiger partial charge >= 0.3 is 0 Å². The summed E-state index contributed by atoms with van der Waals surface area (Å²) in [6, 6.07) is 10.3. The molecule has 0 unspecified atom stereocenters. The van der Waals surface area contributed by atoms with E-state index in [1.807, 2.05) is 12.1 Å². The van der Waals surface area contributed by atoms with Crippen LogP contribution in [0.15, 0.2) is 66.1 Å². The predicted molar refractivity (Wildman–Crippen MR) is 109 cm³/mol. The van der Waals surface area contributed by atoms with Crippen LogP contribution in [0.25, 0.3) is 0 Å². The fourth-order valence-electron chi connectivity index (χ4n) is 3.24. The van der Waals surface area contributed by atoms with Gasteiger partial charge in [0.05, 0.1) is 6.54 Å². The van der Waals surface area contributed by atoms with Crippen molar-refractivity contribution in [1.29, 1.82) is 0 Å². The van der Waals surface area contributed by atoms with Crippen molar-refractivity contribution in [2.24, 2.45) is 0 Å². The van der Waals surface area contributed by atoms with Gasteiger partial charge in [-0.25, -0.2) is 4.39 Å². The average molecular weight is 387 g/mol. The lowest BCUT2D eigenvalue weighted by molar-refractivity contribution is 0.0186. The highest BCUT2D eigenvalue weighted by Gasteiger charge is 2.30. The molecule has 0 bridgehead atoms. The Morgan fingerprint density at radius 2 is 1.93 bits per heavy atom. The summed E-state index contributed by atoms with van der Waals surface area (Å²) in [7, 11) is 1.68. The number of aliphatic hydroxyl groups is 1. The highest BCUT2D eigenvalue weighted by Crippen LogP contribution is 2.31. The molecule has 4 nitrogen and oxygen atoms in total. The van der Waals surface area contributed by atoms with E-state index in [2.05, 4.69) is 18.1 Å². The van der Waals surface area contributed by atoms with Crippen LogP contribution < -0.4 is 0 Å². The fourth-order valence-corrected chi connectivity index (χ4v) is 3.24. The van der Waals surface area contributed by atoms with Crippen molar-refractivity contribution in [2.75, 3.05) is 20.3 Å². The Balaban J connectivity index is 2.13. The summed E-state index contributed by atoms with van der Waals surface area (Å²) in [4.78, 5) is 2.18. The number of benzene rings is 1. The van der Waals surface area contributed by atoms with Crippen molar-refractivity contribution in [1.82, 2.24) is 4.90 Å². The monoisotopic (exact) mass is 387 g/mol. The Morgan fingerprint density at radius 1 is 1.18 bits per heavy atom. The molecule has 0 fully saturated rings. The van der Waals surface area contributed by atoms with Crippen LogP contribution >= 0.6 is 0 Å². The zero-order valence-electron chi connectivity index (χ0n) is 16.6. The Labute approximate surface area is 166 Å². The first kappa shape index (κ1) is 22.1. The molecule has 0 aliphatic heterocycles. The highest BCUT2D eigenvalue weighted by molar-refractivity contribution is 5.18. The van der Waals surface area contributed by atoms with Gasteiger partial charge in [-0.15, -0.1) is 13.2 Å². The quantitative estimate of drug-likeness (QED) is 0.396. The Hall–Kier alpha value is -2.21. The fraction of sp³-hybridized carbons (Fsp3) is 0.391. The van der Waals surface area contributed by atoms with Gasteiger partial charge < -0.3 is 14.3 Å². The molecule has 0 atom stereocenters. The maximum atomic E-state index is 13.5. The van der Waals surface area contributed by atoms with Crippen molar-refractivity contribution in [3.63, 3.8) is 0 Å². The number of ether oxygens (including phenoxy) is 1. The van der Waals surface area contributed by atoms with Crippen LogP contribution in [0.3, 0.4) is 0 Å². The smallest absolute Gasteiger partial charge is 0.136 e. The van der Waals surface area contributed by atoms with Crippen LogP contribution in [0.2, 0.25) is 0 Å². The molecule has 2 aromatic rings. The SMILES string of the molecule is C=CCC(O)(CC=C)c1ccc(CN(CCCOC)Cc2cccc(F)c2)o1. The first-order valence-electron chi connectivity index (χ1n) is 9.50. The molecule has 0 aliphatic carbocycles. The van der Waals surface area contributed by atoms with Gasteiger partial charge in [0, 0.05) is 39.6 Å². The van der Waals surface area contributed by atoms with E-state index < -0.39 is 5.60 Å². The maximum absolute atomic E-state index is 13.5. The number of nitrogens with zero attached hydrogens (tertiary/aromatic N) is 1. The van der Waals surface area contributed by atoms with E-state index >= 15 is 0 Å². The number of furan rings is 1.